The molecule has 3 heterocycles. The van der Waals surface area contributed by atoms with Gasteiger partial charge < -0.3 is 15.1 Å². The van der Waals surface area contributed by atoms with Crippen LogP contribution in [-0.2, 0) is 0 Å². The summed E-state index contributed by atoms with van der Waals surface area (Å²) in [5.74, 6) is 1.51. The van der Waals surface area contributed by atoms with Crippen molar-refractivity contribution in [3.05, 3.63) is 58.9 Å². The highest BCUT2D eigenvalue weighted by molar-refractivity contribution is 6.29. The molecule has 2 aromatic heterocycles. The van der Waals surface area contributed by atoms with Gasteiger partial charge in [0.25, 0.3) is 0 Å². The van der Waals surface area contributed by atoms with Gasteiger partial charge >= 0.3 is 0 Å². The lowest BCUT2D eigenvalue weighted by Crippen LogP contribution is -2.37. The Kier molecular flexibility index (Phi) is 10.6. The molecule has 4 rings (SSSR count). The molecule has 0 spiro atoms. The lowest BCUT2D eigenvalue weighted by atomic mass is 10.1. The van der Waals surface area contributed by atoms with Gasteiger partial charge in [0.15, 0.2) is 0 Å². The molecule has 1 aromatic carbocycles. The fourth-order valence-electron chi connectivity index (χ4n) is 4.22. The van der Waals surface area contributed by atoms with Crippen molar-refractivity contribution in [3.8, 4) is 11.3 Å². The van der Waals surface area contributed by atoms with Crippen molar-refractivity contribution in [2.45, 2.75) is 66.5 Å². The molecule has 0 amide bonds. The molecule has 1 N–H and O–H groups in total. The minimum absolute atomic E-state index is 0.190. The highest BCUT2D eigenvalue weighted by Crippen LogP contribution is 2.28. The first-order valence-electron chi connectivity index (χ1n) is 13.0. The molecule has 7 nitrogen and oxygen atoms in total. The van der Waals surface area contributed by atoms with Gasteiger partial charge in [-0.3, -0.25) is 4.98 Å². The molecule has 9 heteroatoms. The first kappa shape index (κ1) is 28.7. The Hall–Kier alpha value is -2.84. The van der Waals surface area contributed by atoms with E-state index in [1.807, 2.05) is 19.1 Å². The molecule has 1 fully saturated rings. The largest absolute Gasteiger partial charge is 0.352 e. The van der Waals surface area contributed by atoms with Crippen LogP contribution in [0.5, 0.6) is 0 Å². The zero-order valence-corrected chi connectivity index (χ0v) is 23.6. The van der Waals surface area contributed by atoms with E-state index in [0.29, 0.717) is 22.8 Å². The van der Waals surface area contributed by atoms with Gasteiger partial charge in [-0.2, -0.15) is 4.98 Å². The maximum absolute atomic E-state index is 13.8. The molecular weight excluding hydrogens is 489 g/mol. The van der Waals surface area contributed by atoms with E-state index in [1.54, 1.807) is 19.3 Å². The van der Waals surface area contributed by atoms with Crippen LogP contribution < -0.4 is 15.1 Å². The van der Waals surface area contributed by atoms with Gasteiger partial charge in [0.1, 0.15) is 16.8 Å². The van der Waals surface area contributed by atoms with E-state index in [2.05, 4.69) is 58.8 Å². The van der Waals surface area contributed by atoms with Crippen molar-refractivity contribution < 1.29 is 4.39 Å². The molecule has 1 saturated heterocycles. The van der Waals surface area contributed by atoms with Crippen LogP contribution >= 0.6 is 11.6 Å². The molecule has 0 saturated carbocycles. The zero-order chi connectivity index (χ0) is 26.9. The van der Waals surface area contributed by atoms with Crippen LogP contribution in [0.3, 0.4) is 0 Å². The van der Waals surface area contributed by atoms with Crippen LogP contribution in [0.2, 0.25) is 5.15 Å². The predicted molar refractivity (Wildman–Crippen MR) is 151 cm³/mol. The van der Waals surface area contributed by atoms with Crippen molar-refractivity contribution in [3.63, 3.8) is 0 Å². The fraction of sp³-hybridized carbons (Fsp3) is 0.500. The third kappa shape index (κ3) is 7.82. The standard InChI is InChI=1S/C23H34FN5.C5H5ClN2/c1-6-12-28(16(2)3)23-26-21(19-7-8-20(24)17(4)14-19)15-22(27-23)29-13-11-25-10-9-18(29)5;1-4-5(6)8-3-2-7-4/h7-8,14-16,18,25H,6,9-13H2,1-5H3;2-3H,1H3. The molecule has 1 aliphatic heterocycles. The number of nitrogens with one attached hydrogen (secondary N) is 1. The Balaban J connectivity index is 0.000000405. The molecule has 37 heavy (non-hydrogen) atoms. The number of benzene rings is 1. The maximum Gasteiger partial charge on any atom is 0.228 e. The number of nitrogens with zero attached hydrogens (tertiary/aromatic N) is 6. The smallest absolute Gasteiger partial charge is 0.228 e. The number of hydrogen-bond donors (Lipinski definition) is 1. The average molecular weight is 528 g/mol. The third-order valence-corrected chi connectivity index (χ3v) is 6.79. The molecule has 3 aromatic rings. The lowest BCUT2D eigenvalue weighted by molar-refractivity contribution is 0.618. The number of anilines is 2. The summed E-state index contributed by atoms with van der Waals surface area (Å²) in [6.07, 6.45) is 5.28. The number of rotatable bonds is 6. The van der Waals surface area contributed by atoms with Crippen LogP contribution in [0.25, 0.3) is 11.3 Å². The van der Waals surface area contributed by atoms with E-state index in [9.17, 15) is 4.39 Å². The molecule has 1 unspecified atom stereocenters. The molecule has 0 aliphatic carbocycles. The van der Waals surface area contributed by atoms with Crippen molar-refractivity contribution >= 4 is 23.4 Å². The predicted octanol–water partition coefficient (Wildman–Crippen LogP) is 5.84. The molecule has 1 aliphatic rings. The average Bonchev–Trinajstić information content (AvgIpc) is 3.10. The molecular formula is C28H39ClFN7. The van der Waals surface area contributed by atoms with Crippen LogP contribution in [0.15, 0.2) is 36.7 Å². The van der Waals surface area contributed by atoms with Crippen LogP contribution in [-0.4, -0.2) is 58.2 Å². The number of hydrogen-bond acceptors (Lipinski definition) is 7. The van der Waals surface area contributed by atoms with Crippen LogP contribution in [0, 0.1) is 19.7 Å². The highest BCUT2D eigenvalue weighted by Gasteiger charge is 2.22. The van der Waals surface area contributed by atoms with Crippen molar-refractivity contribution in [1.29, 1.82) is 0 Å². The Morgan fingerprint density at radius 2 is 1.89 bits per heavy atom. The summed E-state index contributed by atoms with van der Waals surface area (Å²) in [6, 6.07) is 7.97. The van der Waals surface area contributed by atoms with Gasteiger partial charge in [0.2, 0.25) is 5.95 Å². The van der Waals surface area contributed by atoms with Gasteiger partial charge in [-0.1, -0.05) is 18.5 Å². The van der Waals surface area contributed by atoms with Crippen molar-refractivity contribution in [2.75, 3.05) is 36.0 Å². The first-order valence-corrected chi connectivity index (χ1v) is 13.4. The monoisotopic (exact) mass is 527 g/mol. The van der Waals surface area contributed by atoms with E-state index in [-0.39, 0.29) is 5.82 Å². The number of aromatic nitrogens is 4. The Bertz CT molecular complexity index is 1140. The summed E-state index contributed by atoms with van der Waals surface area (Å²) in [5.41, 5.74) is 3.17. The van der Waals surface area contributed by atoms with E-state index >= 15 is 0 Å². The molecule has 0 bridgehead atoms. The first-order chi connectivity index (χ1) is 17.7. The quantitative estimate of drug-likeness (QED) is 0.431. The molecule has 1 atom stereocenters. The van der Waals surface area contributed by atoms with E-state index in [4.69, 9.17) is 21.6 Å². The van der Waals surface area contributed by atoms with E-state index in [0.717, 1.165) is 67.7 Å². The maximum atomic E-state index is 13.8. The minimum atomic E-state index is -0.190. The van der Waals surface area contributed by atoms with Gasteiger partial charge in [-0.05, 0) is 77.8 Å². The second-order valence-corrected chi connectivity index (χ2v) is 10.0. The highest BCUT2D eigenvalue weighted by atomic mass is 35.5. The Morgan fingerprint density at radius 1 is 1.14 bits per heavy atom. The summed E-state index contributed by atoms with van der Waals surface area (Å²) in [7, 11) is 0. The summed E-state index contributed by atoms with van der Waals surface area (Å²) in [4.78, 5) is 22.2. The van der Waals surface area contributed by atoms with E-state index in [1.165, 1.54) is 6.07 Å². The minimum Gasteiger partial charge on any atom is -0.352 e. The Morgan fingerprint density at radius 3 is 2.51 bits per heavy atom. The summed E-state index contributed by atoms with van der Waals surface area (Å²) < 4.78 is 13.8. The van der Waals surface area contributed by atoms with Crippen molar-refractivity contribution in [2.24, 2.45) is 0 Å². The Labute approximate surface area is 225 Å². The molecule has 0 radical (unpaired) electrons. The molecule has 200 valence electrons. The summed E-state index contributed by atoms with van der Waals surface area (Å²) in [6.45, 7) is 16.2. The topological polar surface area (TPSA) is 70.1 Å². The lowest BCUT2D eigenvalue weighted by Gasteiger charge is -2.31. The third-order valence-electron chi connectivity index (χ3n) is 6.42. The normalized spacial score (nSPS) is 15.7. The van der Waals surface area contributed by atoms with Gasteiger partial charge in [0, 0.05) is 55.7 Å². The van der Waals surface area contributed by atoms with Gasteiger partial charge in [-0.15, -0.1) is 0 Å². The summed E-state index contributed by atoms with van der Waals surface area (Å²) >= 11 is 5.54. The van der Waals surface area contributed by atoms with Crippen molar-refractivity contribution in [1.82, 2.24) is 25.3 Å². The number of halogens is 2. The second kappa shape index (κ2) is 13.6. The fourth-order valence-corrected chi connectivity index (χ4v) is 4.33. The number of aryl methyl sites for hydroxylation is 2. The SMILES string of the molecule is CCCN(c1nc(-c2ccc(F)c(C)c2)cc(N2CCNCCC2C)n1)C(C)C.Cc1nccnc1Cl. The van der Waals surface area contributed by atoms with Gasteiger partial charge in [-0.25, -0.2) is 14.4 Å². The zero-order valence-electron chi connectivity index (χ0n) is 22.8. The van der Waals surface area contributed by atoms with Gasteiger partial charge in [0.05, 0.1) is 11.4 Å². The second-order valence-electron chi connectivity index (χ2n) is 9.68. The van der Waals surface area contributed by atoms with Crippen LogP contribution in [0.1, 0.15) is 51.8 Å². The summed E-state index contributed by atoms with van der Waals surface area (Å²) in [5, 5.41) is 3.96. The van der Waals surface area contributed by atoms with Crippen LogP contribution in [0.4, 0.5) is 16.2 Å². The van der Waals surface area contributed by atoms with E-state index < -0.39 is 0 Å².